The summed E-state index contributed by atoms with van der Waals surface area (Å²) in [6, 6.07) is -1.55. The van der Waals surface area contributed by atoms with Crippen LogP contribution in [0.4, 0.5) is 0 Å². The Hall–Kier alpha value is -0.810. The first kappa shape index (κ1) is 13.8. The molecule has 0 radical (unpaired) electrons. The smallest absolute Gasteiger partial charge is 0.325 e. The maximum atomic E-state index is 10.8. The summed E-state index contributed by atoms with van der Waals surface area (Å²) in [5.41, 5.74) is 5.18. The van der Waals surface area contributed by atoms with Crippen molar-refractivity contribution in [2.24, 2.45) is 5.73 Å². The molecule has 0 aromatic carbocycles. The van der Waals surface area contributed by atoms with Crippen LogP contribution < -0.4 is 11.1 Å². The summed E-state index contributed by atoms with van der Waals surface area (Å²) >= 11 is 0. The molecule has 0 saturated heterocycles. The Morgan fingerprint density at radius 3 is 2.08 bits per heavy atom. The molecule has 0 spiro atoms. The number of carbonyl (C=O) groups is 2. The van der Waals surface area contributed by atoms with Crippen molar-refractivity contribution < 1.29 is 14.7 Å². The lowest BCUT2D eigenvalue weighted by Gasteiger charge is -2.10. The fourth-order valence-corrected chi connectivity index (χ4v) is 0.407. The van der Waals surface area contributed by atoms with E-state index in [-0.39, 0.29) is 12.4 Å². The maximum absolute atomic E-state index is 10.8. The summed E-state index contributed by atoms with van der Waals surface area (Å²) in [6.45, 7) is 2.87. The van der Waals surface area contributed by atoms with E-state index in [2.05, 4.69) is 5.32 Å². The Bertz CT molecular complexity index is 172. The molecule has 4 N–H and O–H groups in total. The largest absolute Gasteiger partial charge is 0.480 e. The third-order valence-corrected chi connectivity index (χ3v) is 1.14. The van der Waals surface area contributed by atoms with Gasteiger partial charge in [0.25, 0.3) is 0 Å². The number of hydrogen-bond donors (Lipinski definition) is 3. The Balaban J connectivity index is 0. The van der Waals surface area contributed by atoms with E-state index in [1.165, 1.54) is 13.8 Å². The summed E-state index contributed by atoms with van der Waals surface area (Å²) < 4.78 is 0. The van der Waals surface area contributed by atoms with Crippen molar-refractivity contribution >= 4 is 24.3 Å². The fourth-order valence-electron chi connectivity index (χ4n) is 0.407. The predicted molar refractivity (Wildman–Crippen MR) is 46.1 cm³/mol. The van der Waals surface area contributed by atoms with Crippen LogP contribution in [-0.2, 0) is 9.59 Å². The topological polar surface area (TPSA) is 92.4 Å². The summed E-state index contributed by atoms with van der Waals surface area (Å²) in [7, 11) is 0. The van der Waals surface area contributed by atoms with Crippen molar-refractivity contribution in [1.29, 1.82) is 0 Å². The van der Waals surface area contributed by atoms with E-state index in [9.17, 15) is 9.59 Å². The lowest BCUT2D eigenvalue weighted by atomic mass is 10.3. The average molecular weight is 197 g/mol. The Morgan fingerprint density at radius 1 is 1.42 bits per heavy atom. The zero-order valence-electron chi connectivity index (χ0n) is 6.90. The van der Waals surface area contributed by atoms with Gasteiger partial charge in [-0.1, -0.05) is 0 Å². The summed E-state index contributed by atoms with van der Waals surface area (Å²) in [6.07, 6.45) is 0. The number of nitrogens with two attached hydrogens (primary N) is 1. The number of carboxylic acid groups (broad SMARTS) is 1. The predicted octanol–water partition coefficient (Wildman–Crippen LogP) is -0.655. The molecule has 0 rings (SSSR count). The minimum Gasteiger partial charge on any atom is -0.480 e. The molecule has 0 unspecified atom stereocenters. The highest BCUT2D eigenvalue weighted by Crippen LogP contribution is 1.83. The second kappa shape index (κ2) is 5.79. The standard InChI is InChI=1S/C6H12N2O3.ClH/c1-3(7)5(9)8-4(2)6(10)11;/h3-4H,7H2,1-2H3,(H,8,9)(H,10,11);1H/t3-,4+;/m1./s1. The van der Waals surface area contributed by atoms with E-state index in [1.54, 1.807) is 0 Å². The number of nitrogens with one attached hydrogen (secondary N) is 1. The molecule has 0 aromatic rings. The average Bonchev–Trinajstić information content (AvgIpc) is 1.87. The van der Waals surface area contributed by atoms with Crippen molar-refractivity contribution in [2.75, 3.05) is 0 Å². The van der Waals surface area contributed by atoms with Crippen LogP contribution >= 0.6 is 12.4 Å². The van der Waals surface area contributed by atoms with Crippen LogP contribution in [0.5, 0.6) is 0 Å². The van der Waals surface area contributed by atoms with Crippen molar-refractivity contribution in [2.45, 2.75) is 25.9 Å². The normalized spacial score (nSPS) is 13.9. The molecule has 12 heavy (non-hydrogen) atoms. The van der Waals surface area contributed by atoms with Crippen LogP contribution in [0.15, 0.2) is 0 Å². The van der Waals surface area contributed by atoms with Gasteiger partial charge in [0.1, 0.15) is 6.04 Å². The van der Waals surface area contributed by atoms with Crippen LogP contribution in [0.25, 0.3) is 0 Å². The van der Waals surface area contributed by atoms with E-state index >= 15 is 0 Å². The van der Waals surface area contributed by atoms with Crippen molar-refractivity contribution in [3.63, 3.8) is 0 Å². The molecule has 0 fully saturated rings. The minimum absolute atomic E-state index is 0. The van der Waals surface area contributed by atoms with Crippen LogP contribution in [0, 0.1) is 0 Å². The van der Waals surface area contributed by atoms with Gasteiger partial charge in [-0.2, -0.15) is 0 Å². The van der Waals surface area contributed by atoms with Gasteiger partial charge in [-0.25, -0.2) is 0 Å². The number of halogens is 1. The number of carbonyl (C=O) groups excluding carboxylic acids is 1. The highest BCUT2D eigenvalue weighted by molar-refractivity contribution is 5.86. The summed E-state index contributed by atoms with van der Waals surface area (Å²) in [4.78, 5) is 21.0. The number of amides is 1. The van der Waals surface area contributed by atoms with E-state index in [0.29, 0.717) is 0 Å². The number of aliphatic carboxylic acids is 1. The third-order valence-electron chi connectivity index (χ3n) is 1.14. The van der Waals surface area contributed by atoms with Crippen molar-refractivity contribution in [3.8, 4) is 0 Å². The Labute approximate surface area is 76.7 Å². The number of rotatable bonds is 3. The molecule has 2 atom stereocenters. The van der Waals surface area contributed by atoms with Gasteiger partial charge in [0.2, 0.25) is 5.91 Å². The number of hydrogen-bond acceptors (Lipinski definition) is 3. The van der Waals surface area contributed by atoms with Gasteiger partial charge in [0.05, 0.1) is 6.04 Å². The van der Waals surface area contributed by atoms with Crippen LogP contribution in [0.3, 0.4) is 0 Å². The van der Waals surface area contributed by atoms with Gasteiger partial charge < -0.3 is 16.2 Å². The molecule has 0 bridgehead atoms. The summed E-state index contributed by atoms with van der Waals surface area (Å²) in [5, 5.41) is 10.6. The SMILES string of the molecule is C[C@H](NC(=O)[C@@H](C)N)C(=O)O.Cl. The molecule has 5 nitrogen and oxygen atoms in total. The molecule has 0 aliphatic carbocycles. The van der Waals surface area contributed by atoms with Crippen LogP contribution in [0.1, 0.15) is 13.8 Å². The molecule has 0 aliphatic heterocycles. The van der Waals surface area contributed by atoms with Gasteiger partial charge in [-0.05, 0) is 13.8 Å². The Kier molecular flexibility index (Phi) is 6.64. The van der Waals surface area contributed by atoms with E-state index in [0.717, 1.165) is 0 Å². The van der Waals surface area contributed by atoms with Crippen LogP contribution in [0.2, 0.25) is 0 Å². The quantitative estimate of drug-likeness (QED) is 0.559. The van der Waals surface area contributed by atoms with Gasteiger partial charge in [0, 0.05) is 0 Å². The number of carboxylic acids is 1. The monoisotopic (exact) mass is 196 g/mol. The lowest BCUT2D eigenvalue weighted by molar-refractivity contribution is -0.141. The minimum atomic E-state index is -1.07. The second-order valence-corrected chi connectivity index (χ2v) is 2.36. The molecule has 0 saturated carbocycles. The van der Waals surface area contributed by atoms with Gasteiger partial charge in [-0.3, -0.25) is 9.59 Å². The first-order chi connectivity index (χ1) is 4.95. The fraction of sp³-hybridized carbons (Fsp3) is 0.667. The van der Waals surface area contributed by atoms with Crippen molar-refractivity contribution in [3.05, 3.63) is 0 Å². The Morgan fingerprint density at radius 2 is 1.83 bits per heavy atom. The van der Waals surface area contributed by atoms with Crippen LogP contribution in [-0.4, -0.2) is 29.1 Å². The van der Waals surface area contributed by atoms with E-state index < -0.39 is 24.0 Å². The molecule has 6 heteroatoms. The molecule has 1 amide bonds. The molecular weight excluding hydrogens is 184 g/mol. The zero-order chi connectivity index (χ0) is 9.02. The lowest BCUT2D eigenvalue weighted by Crippen LogP contribution is -2.45. The maximum Gasteiger partial charge on any atom is 0.325 e. The first-order valence-electron chi connectivity index (χ1n) is 3.24. The van der Waals surface area contributed by atoms with E-state index in [1.807, 2.05) is 0 Å². The highest BCUT2D eigenvalue weighted by atomic mass is 35.5. The van der Waals surface area contributed by atoms with E-state index in [4.69, 9.17) is 10.8 Å². The molecular formula is C6H13ClN2O3. The molecule has 0 aromatic heterocycles. The second-order valence-electron chi connectivity index (χ2n) is 2.36. The third kappa shape index (κ3) is 4.92. The molecule has 72 valence electrons. The summed E-state index contributed by atoms with van der Waals surface area (Å²) in [5.74, 6) is -1.53. The van der Waals surface area contributed by atoms with Crippen molar-refractivity contribution in [1.82, 2.24) is 5.32 Å². The first-order valence-corrected chi connectivity index (χ1v) is 3.24. The molecule has 0 aliphatic rings. The van der Waals surface area contributed by atoms with Gasteiger partial charge in [-0.15, -0.1) is 12.4 Å². The van der Waals surface area contributed by atoms with Gasteiger partial charge in [0.15, 0.2) is 0 Å². The molecule has 0 heterocycles. The van der Waals surface area contributed by atoms with Gasteiger partial charge >= 0.3 is 5.97 Å². The highest BCUT2D eigenvalue weighted by Gasteiger charge is 2.15. The zero-order valence-corrected chi connectivity index (χ0v) is 7.72.